The highest BCUT2D eigenvalue weighted by atomic mass is 16.5. The Bertz CT molecular complexity index is 887. The van der Waals surface area contributed by atoms with Crippen LogP contribution in [0.1, 0.15) is 15.9 Å². The average molecular weight is 323 g/mol. The van der Waals surface area contributed by atoms with Crippen LogP contribution in [0.25, 0.3) is 11.4 Å². The first kappa shape index (κ1) is 15.7. The maximum Gasteiger partial charge on any atom is 0.336 e. The van der Waals surface area contributed by atoms with Gasteiger partial charge in [0.2, 0.25) is 0 Å². The van der Waals surface area contributed by atoms with E-state index in [-0.39, 0.29) is 11.9 Å². The molecule has 0 fully saturated rings. The van der Waals surface area contributed by atoms with Crippen molar-refractivity contribution in [1.82, 2.24) is 14.8 Å². The molecule has 0 aliphatic carbocycles. The molecule has 24 heavy (non-hydrogen) atoms. The molecule has 3 aromatic rings. The van der Waals surface area contributed by atoms with Gasteiger partial charge in [-0.15, -0.1) is 5.10 Å². The highest BCUT2D eigenvalue weighted by molar-refractivity contribution is 5.99. The molecule has 0 radical (unpaired) electrons. The smallest absolute Gasteiger partial charge is 0.336 e. The summed E-state index contributed by atoms with van der Waals surface area (Å²) in [6, 6.07) is 14.8. The van der Waals surface area contributed by atoms with Crippen molar-refractivity contribution < 1.29 is 14.3 Å². The summed E-state index contributed by atoms with van der Waals surface area (Å²) < 4.78 is 11.6. The Labute approximate surface area is 139 Å². The summed E-state index contributed by atoms with van der Waals surface area (Å²) in [7, 11) is 2.99. The van der Waals surface area contributed by atoms with Gasteiger partial charge in [0.05, 0.1) is 19.8 Å². The number of rotatable bonds is 4. The van der Waals surface area contributed by atoms with Crippen LogP contribution in [0.4, 0.5) is 0 Å². The summed E-state index contributed by atoms with van der Waals surface area (Å²) in [4.78, 5) is 17.3. The molecule has 6 heteroatoms. The molecule has 0 atom stereocenters. The van der Waals surface area contributed by atoms with Gasteiger partial charge >= 0.3 is 6.01 Å². The van der Waals surface area contributed by atoms with Crippen molar-refractivity contribution in [2.45, 2.75) is 6.92 Å². The van der Waals surface area contributed by atoms with E-state index in [2.05, 4.69) is 10.1 Å². The first-order chi connectivity index (χ1) is 11.7. The third-order valence-electron chi connectivity index (χ3n) is 3.69. The number of hydrogen-bond donors (Lipinski definition) is 0. The second-order valence-corrected chi connectivity index (χ2v) is 5.15. The number of hydrogen-bond acceptors (Lipinski definition) is 5. The number of ether oxygens (including phenoxy) is 2. The zero-order valence-corrected chi connectivity index (χ0v) is 13.7. The van der Waals surface area contributed by atoms with Crippen molar-refractivity contribution in [2.75, 3.05) is 14.2 Å². The Balaban J connectivity index is 2.16. The summed E-state index contributed by atoms with van der Waals surface area (Å²) in [6.45, 7) is 1.95. The fraction of sp³-hybridized carbons (Fsp3) is 0.167. The van der Waals surface area contributed by atoms with Crippen molar-refractivity contribution in [3.05, 3.63) is 59.7 Å². The van der Waals surface area contributed by atoms with E-state index in [9.17, 15) is 4.79 Å². The molecule has 2 aromatic carbocycles. The number of benzene rings is 2. The van der Waals surface area contributed by atoms with Gasteiger partial charge < -0.3 is 9.47 Å². The number of aromatic nitrogens is 3. The van der Waals surface area contributed by atoms with Crippen molar-refractivity contribution in [2.24, 2.45) is 0 Å². The van der Waals surface area contributed by atoms with Gasteiger partial charge in [0.25, 0.3) is 5.91 Å². The molecule has 6 nitrogen and oxygen atoms in total. The monoisotopic (exact) mass is 323 g/mol. The van der Waals surface area contributed by atoms with E-state index < -0.39 is 0 Å². The van der Waals surface area contributed by atoms with Gasteiger partial charge in [-0.3, -0.25) is 4.79 Å². The third kappa shape index (κ3) is 2.74. The Morgan fingerprint density at radius 1 is 1.00 bits per heavy atom. The van der Waals surface area contributed by atoms with E-state index in [4.69, 9.17) is 9.47 Å². The van der Waals surface area contributed by atoms with Crippen LogP contribution in [-0.4, -0.2) is 34.9 Å². The van der Waals surface area contributed by atoms with Gasteiger partial charge in [0, 0.05) is 5.56 Å². The summed E-state index contributed by atoms with van der Waals surface area (Å²) in [5, 5.41) is 4.18. The van der Waals surface area contributed by atoms with Crippen LogP contribution in [0.15, 0.2) is 48.5 Å². The quantitative estimate of drug-likeness (QED) is 0.738. The van der Waals surface area contributed by atoms with Crippen molar-refractivity contribution >= 4 is 5.91 Å². The van der Waals surface area contributed by atoms with Crippen LogP contribution < -0.4 is 9.47 Å². The SMILES string of the molecule is COc1nc(-c2ccccc2C)n(C(=O)c2ccccc2OC)n1. The molecule has 122 valence electrons. The van der Waals surface area contributed by atoms with Crippen LogP contribution in [0.2, 0.25) is 0 Å². The van der Waals surface area contributed by atoms with Gasteiger partial charge in [-0.05, 0) is 24.6 Å². The largest absolute Gasteiger partial charge is 0.496 e. The van der Waals surface area contributed by atoms with Crippen molar-refractivity contribution in [3.8, 4) is 23.1 Å². The lowest BCUT2D eigenvalue weighted by molar-refractivity contribution is 0.0942. The molecule has 0 saturated heterocycles. The minimum Gasteiger partial charge on any atom is -0.496 e. The van der Waals surface area contributed by atoms with E-state index in [1.165, 1.54) is 18.9 Å². The maximum atomic E-state index is 13.0. The van der Waals surface area contributed by atoms with Crippen molar-refractivity contribution in [3.63, 3.8) is 0 Å². The fourth-order valence-corrected chi connectivity index (χ4v) is 2.45. The Kier molecular flexibility index (Phi) is 4.29. The van der Waals surface area contributed by atoms with Gasteiger partial charge in [-0.1, -0.05) is 36.4 Å². The molecular formula is C18H17N3O3. The highest BCUT2D eigenvalue weighted by Gasteiger charge is 2.22. The molecule has 0 aliphatic heterocycles. The van der Waals surface area contributed by atoms with Crippen LogP contribution >= 0.6 is 0 Å². The van der Waals surface area contributed by atoms with E-state index in [1.807, 2.05) is 31.2 Å². The molecule has 0 amide bonds. The molecule has 0 unspecified atom stereocenters. The predicted octanol–water partition coefficient (Wildman–Crippen LogP) is 2.96. The first-order valence-corrected chi connectivity index (χ1v) is 7.40. The topological polar surface area (TPSA) is 66.2 Å². The highest BCUT2D eigenvalue weighted by Crippen LogP contribution is 2.26. The van der Waals surface area contributed by atoms with Crippen LogP contribution in [0, 0.1) is 6.92 Å². The summed E-state index contributed by atoms with van der Waals surface area (Å²) in [6.07, 6.45) is 0. The number of aryl methyl sites for hydroxylation is 1. The van der Waals surface area contributed by atoms with Crippen LogP contribution in [0.3, 0.4) is 0 Å². The lowest BCUT2D eigenvalue weighted by Crippen LogP contribution is -2.16. The molecule has 3 rings (SSSR count). The van der Waals surface area contributed by atoms with Crippen LogP contribution in [0.5, 0.6) is 11.8 Å². The molecular weight excluding hydrogens is 306 g/mol. The normalized spacial score (nSPS) is 10.5. The molecule has 0 spiro atoms. The van der Waals surface area contributed by atoms with Gasteiger partial charge in [0.1, 0.15) is 5.75 Å². The third-order valence-corrected chi connectivity index (χ3v) is 3.69. The first-order valence-electron chi connectivity index (χ1n) is 7.40. The lowest BCUT2D eigenvalue weighted by Gasteiger charge is -2.09. The minimum absolute atomic E-state index is 0.136. The number of carbonyl (C=O) groups is 1. The summed E-state index contributed by atoms with van der Waals surface area (Å²) in [5.41, 5.74) is 2.21. The van der Waals surface area contributed by atoms with E-state index in [0.29, 0.717) is 17.1 Å². The Hall–Kier alpha value is -3.15. The second-order valence-electron chi connectivity index (χ2n) is 5.15. The lowest BCUT2D eigenvalue weighted by atomic mass is 10.1. The molecule has 0 aliphatic rings. The minimum atomic E-state index is -0.332. The van der Waals surface area contributed by atoms with E-state index in [1.54, 1.807) is 24.3 Å². The fourth-order valence-electron chi connectivity index (χ4n) is 2.45. The summed E-state index contributed by atoms with van der Waals surface area (Å²) in [5.74, 6) is 0.579. The van der Waals surface area contributed by atoms with Gasteiger partial charge in [0.15, 0.2) is 5.82 Å². The molecule has 0 N–H and O–H groups in total. The zero-order chi connectivity index (χ0) is 17.1. The number of methoxy groups -OCH3 is 2. The second kappa shape index (κ2) is 6.54. The molecule has 1 aromatic heterocycles. The molecule has 0 bridgehead atoms. The molecule has 1 heterocycles. The zero-order valence-electron chi connectivity index (χ0n) is 13.7. The standard InChI is InChI=1S/C18H17N3O3/c1-12-8-4-5-9-13(12)16-19-18(24-3)20-21(16)17(22)14-10-6-7-11-15(14)23-2/h4-11H,1-3H3. The summed E-state index contributed by atoms with van der Waals surface area (Å²) >= 11 is 0. The van der Waals surface area contributed by atoms with Crippen molar-refractivity contribution in [1.29, 1.82) is 0 Å². The average Bonchev–Trinajstić information content (AvgIpc) is 3.05. The number of nitrogens with zero attached hydrogens (tertiary/aromatic N) is 3. The van der Waals surface area contributed by atoms with Gasteiger partial charge in [-0.2, -0.15) is 9.67 Å². The van der Waals surface area contributed by atoms with Crippen LogP contribution in [-0.2, 0) is 0 Å². The Morgan fingerprint density at radius 3 is 2.42 bits per heavy atom. The number of carbonyl (C=O) groups excluding carboxylic acids is 1. The Morgan fingerprint density at radius 2 is 1.71 bits per heavy atom. The predicted molar refractivity (Wildman–Crippen MR) is 89.5 cm³/mol. The van der Waals surface area contributed by atoms with E-state index >= 15 is 0 Å². The maximum absolute atomic E-state index is 13.0. The van der Waals surface area contributed by atoms with Gasteiger partial charge in [-0.25, -0.2) is 0 Å². The molecule has 0 saturated carbocycles. The number of para-hydroxylation sites is 1. The van der Waals surface area contributed by atoms with E-state index in [0.717, 1.165) is 11.1 Å².